The summed E-state index contributed by atoms with van der Waals surface area (Å²) in [6, 6.07) is 0.512. The van der Waals surface area contributed by atoms with Crippen LogP contribution < -0.4 is 0 Å². The van der Waals surface area contributed by atoms with Crippen molar-refractivity contribution in [2.45, 2.75) is 64.5 Å². The van der Waals surface area contributed by atoms with Gasteiger partial charge < -0.3 is 9.64 Å². The van der Waals surface area contributed by atoms with Crippen molar-refractivity contribution in [2.24, 2.45) is 17.8 Å². The van der Waals surface area contributed by atoms with E-state index in [1.807, 2.05) is 6.92 Å². The van der Waals surface area contributed by atoms with E-state index in [1.54, 1.807) is 0 Å². The van der Waals surface area contributed by atoms with E-state index < -0.39 is 0 Å². The minimum absolute atomic E-state index is 0.208. The zero-order chi connectivity index (χ0) is 13.4. The molecule has 2 aliphatic heterocycles. The van der Waals surface area contributed by atoms with Crippen LogP contribution in [-0.2, 0) is 9.53 Å². The van der Waals surface area contributed by atoms with Crippen LogP contribution in [0.25, 0.3) is 0 Å². The number of amides is 1. The Kier molecular flexibility index (Phi) is 3.84. The number of carbonyl (C=O) groups excluding carboxylic acids is 1. The molecule has 2 saturated carbocycles. The summed E-state index contributed by atoms with van der Waals surface area (Å²) in [5.41, 5.74) is 0. The summed E-state index contributed by atoms with van der Waals surface area (Å²) in [6.07, 6.45) is 7.25. The van der Waals surface area contributed by atoms with Crippen molar-refractivity contribution in [1.29, 1.82) is 0 Å². The molecule has 1 amide bonds. The van der Waals surface area contributed by atoms with E-state index in [1.165, 1.54) is 32.1 Å². The maximum absolute atomic E-state index is 12.7. The Morgan fingerprint density at radius 3 is 2.32 bits per heavy atom. The smallest absolute Gasteiger partial charge is 0.251 e. The van der Waals surface area contributed by atoms with Crippen LogP contribution in [0.5, 0.6) is 0 Å². The molecule has 4 rings (SSSR count). The van der Waals surface area contributed by atoms with Crippen molar-refractivity contribution in [3.63, 3.8) is 0 Å². The van der Waals surface area contributed by atoms with Gasteiger partial charge in [0.15, 0.2) is 0 Å². The highest BCUT2D eigenvalue weighted by atomic mass is 16.5. The Labute approximate surface area is 116 Å². The Morgan fingerprint density at radius 1 is 1.11 bits per heavy atom. The molecule has 108 valence electrons. The molecule has 0 aromatic rings. The lowest BCUT2D eigenvalue weighted by Gasteiger charge is -2.39. The highest BCUT2D eigenvalue weighted by molar-refractivity contribution is 5.81. The van der Waals surface area contributed by atoms with Crippen LogP contribution >= 0.6 is 0 Å². The van der Waals surface area contributed by atoms with Gasteiger partial charge in [-0.25, -0.2) is 0 Å². The number of hydrogen-bond donors (Lipinski definition) is 0. The van der Waals surface area contributed by atoms with Crippen LogP contribution in [0.15, 0.2) is 0 Å². The van der Waals surface area contributed by atoms with Gasteiger partial charge in [-0.05, 0) is 63.2 Å². The predicted molar refractivity (Wildman–Crippen MR) is 74.8 cm³/mol. The van der Waals surface area contributed by atoms with Gasteiger partial charge in [-0.15, -0.1) is 0 Å². The molecule has 3 atom stereocenters. The molecule has 19 heavy (non-hydrogen) atoms. The van der Waals surface area contributed by atoms with Crippen LogP contribution in [-0.4, -0.2) is 36.1 Å². The van der Waals surface area contributed by atoms with Crippen LogP contribution in [0.4, 0.5) is 0 Å². The zero-order valence-corrected chi connectivity index (χ0v) is 12.3. The first-order valence-electron chi connectivity index (χ1n) is 8.13. The van der Waals surface area contributed by atoms with Crippen LogP contribution in [0.1, 0.15) is 52.4 Å². The summed E-state index contributed by atoms with van der Waals surface area (Å²) < 4.78 is 5.64. The van der Waals surface area contributed by atoms with Crippen molar-refractivity contribution in [2.75, 3.05) is 13.2 Å². The fourth-order valence-corrected chi connectivity index (χ4v) is 4.80. The van der Waals surface area contributed by atoms with E-state index in [0.29, 0.717) is 12.6 Å². The molecule has 3 heteroatoms. The largest absolute Gasteiger partial charge is 0.369 e. The summed E-state index contributed by atoms with van der Waals surface area (Å²) in [5, 5.41) is 0. The molecule has 2 heterocycles. The average molecular weight is 265 g/mol. The maximum Gasteiger partial charge on any atom is 0.251 e. The van der Waals surface area contributed by atoms with E-state index in [2.05, 4.69) is 11.8 Å². The molecule has 4 fully saturated rings. The van der Waals surface area contributed by atoms with Gasteiger partial charge in [-0.2, -0.15) is 0 Å². The Morgan fingerprint density at radius 2 is 1.74 bits per heavy atom. The molecular formula is C16H27NO2. The second kappa shape index (κ2) is 5.43. The third kappa shape index (κ3) is 2.54. The minimum Gasteiger partial charge on any atom is -0.369 e. The fraction of sp³-hybridized carbons (Fsp3) is 0.938. The summed E-state index contributed by atoms with van der Waals surface area (Å²) in [6.45, 7) is 5.67. The standard InChI is InChI=1S/C16H27NO2/c1-3-15(19-4-2)16(18)17-10-13-6-11-5-12(7-13)9-14(17)8-11/h11-15H,3-10H2,1-2H3. The lowest BCUT2D eigenvalue weighted by Crippen LogP contribution is -2.47. The van der Waals surface area contributed by atoms with E-state index in [4.69, 9.17) is 4.74 Å². The van der Waals surface area contributed by atoms with E-state index >= 15 is 0 Å². The Hall–Kier alpha value is -0.570. The molecule has 3 nitrogen and oxygen atoms in total. The van der Waals surface area contributed by atoms with Crippen LogP contribution in [0.2, 0.25) is 0 Å². The third-order valence-electron chi connectivity index (χ3n) is 5.40. The molecule has 2 aliphatic carbocycles. The molecule has 2 saturated heterocycles. The molecule has 3 unspecified atom stereocenters. The molecule has 4 aliphatic rings. The van der Waals surface area contributed by atoms with Crippen molar-refractivity contribution in [1.82, 2.24) is 4.90 Å². The monoisotopic (exact) mass is 265 g/mol. The lowest BCUT2D eigenvalue weighted by molar-refractivity contribution is -0.146. The fourth-order valence-electron chi connectivity index (χ4n) is 4.80. The predicted octanol–water partition coefficient (Wildman–Crippen LogP) is 2.84. The first kappa shape index (κ1) is 13.4. The molecule has 0 spiro atoms. The summed E-state index contributed by atoms with van der Waals surface area (Å²) in [7, 11) is 0. The van der Waals surface area contributed by atoms with Gasteiger partial charge >= 0.3 is 0 Å². The second-order valence-corrected chi connectivity index (χ2v) is 6.77. The van der Waals surface area contributed by atoms with E-state index in [-0.39, 0.29) is 12.0 Å². The van der Waals surface area contributed by atoms with Gasteiger partial charge in [0, 0.05) is 19.2 Å². The molecule has 0 aromatic heterocycles. The van der Waals surface area contributed by atoms with Gasteiger partial charge in [0.1, 0.15) is 6.10 Å². The van der Waals surface area contributed by atoms with Gasteiger partial charge in [0.2, 0.25) is 0 Å². The summed E-state index contributed by atoms with van der Waals surface area (Å²) in [4.78, 5) is 14.9. The highest BCUT2D eigenvalue weighted by Crippen LogP contribution is 2.47. The number of rotatable bonds is 4. The molecule has 0 N–H and O–H groups in total. The number of fused-ring (bicyclic) bond motifs is 1. The average Bonchev–Trinajstić information content (AvgIpc) is 2.59. The van der Waals surface area contributed by atoms with Crippen molar-refractivity contribution in [3.05, 3.63) is 0 Å². The number of nitrogens with zero attached hydrogens (tertiary/aromatic N) is 1. The first-order chi connectivity index (χ1) is 9.21. The van der Waals surface area contributed by atoms with Crippen molar-refractivity contribution >= 4 is 5.91 Å². The quantitative estimate of drug-likeness (QED) is 0.782. The van der Waals surface area contributed by atoms with E-state index in [0.717, 1.165) is 30.7 Å². The lowest BCUT2D eigenvalue weighted by atomic mass is 9.68. The third-order valence-corrected chi connectivity index (χ3v) is 5.40. The topological polar surface area (TPSA) is 29.5 Å². The van der Waals surface area contributed by atoms with Gasteiger partial charge in [-0.3, -0.25) is 4.79 Å². The molecule has 0 radical (unpaired) electrons. The van der Waals surface area contributed by atoms with E-state index in [9.17, 15) is 4.79 Å². The van der Waals surface area contributed by atoms with Crippen LogP contribution in [0.3, 0.4) is 0 Å². The summed E-state index contributed by atoms with van der Waals surface area (Å²) >= 11 is 0. The number of ether oxygens (including phenoxy) is 1. The SMILES string of the molecule is CCOC(CC)C(=O)N1CC2CC3CC(C2)CC1C3. The maximum atomic E-state index is 12.7. The number of carbonyl (C=O) groups is 1. The first-order valence-corrected chi connectivity index (χ1v) is 8.13. The Balaban J connectivity index is 1.75. The Bertz CT molecular complexity index is 330. The highest BCUT2D eigenvalue weighted by Gasteiger charge is 2.44. The zero-order valence-electron chi connectivity index (χ0n) is 12.3. The van der Waals surface area contributed by atoms with Gasteiger partial charge in [0.25, 0.3) is 5.91 Å². The molecular weight excluding hydrogens is 238 g/mol. The molecule has 0 aromatic carbocycles. The number of hydrogen-bond acceptors (Lipinski definition) is 2. The van der Waals surface area contributed by atoms with Crippen molar-refractivity contribution in [3.8, 4) is 0 Å². The summed E-state index contributed by atoms with van der Waals surface area (Å²) in [5.74, 6) is 2.82. The molecule has 4 bridgehead atoms. The van der Waals surface area contributed by atoms with Crippen LogP contribution in [0, 0.1) is 17.8 Å². The van der Waals surface area contributed by atoms with Gasteiger partial charge in [0.05, 0.1) is 0 Å². The minimum atomic E-state index is -0.208. The van der Waals surface area contributed by atoms with Gasteiger partial charge in [-0.1, -0.05) is 6.92 Å². The normalized spacial score (nSPS) is 38.3. The second-order valence-electron chi connectivity index (χ2n) is 6.77. The van der Waals surface area contributed by atoms with Crippen molar-refractivity contribution < 1.29 is 9.53 Å².